The molecular weight excluding hydrogens is 298 g/mol. The number of imidazole rings is 1. The van der Waals surface area contributed by atoms with Gasteiger partial charge < -0.3 is 20.6 Å². The third-order valence-electron chi connectivity index (χ3n) is 2.58. The maximum absolute atomic E-state index is 11.4. The van der Waals surface area contributed by atoms with Crippen LogP contribution >= 0.6 is 11.8 Å². The van der Waals surface area contributed by atoms with E-state index in [0.29, 0.717) is 16.2 Å². The molecule has 21 heavy (non-hydrogen) atoms. The molecule has 2 aromatic rings. The van der Waals surface area contributed by atoms with Crippen LogP contribution in [-0.4, -0.2) is 49.0 Å². The molecule has 2 heterocycles. The Kier molecular flexibility index (Phi) is 5.06. The first-order chi connectivity index (χ1) is 10.1. The summed E-state index contributed by atoms with van der Waals surface area (Å²) < 4.78 is 4.98. The molecule has 112 valence electrons. The number of hydrogen-bond donors (Lipinski definition) is 3. The fourth-order valence-electron chi connectivity index (χ4n) is 1.47. The van der Waals surface area contributed by atoms with Crippen molar-refractivity contribution < 1.29 is 19.4 Å². The topological polar surface area (TPSA) is 144 Å². The molecule has 0 amide bonds. The average molecular weight is 311 g/mol. The Labute approximate surface area is 123 Å². The Morgan fingerprint density at radius 3 is 3.00 bits per heavy atom. The van der Waals surface area contributed by atoms with Gasteiger partial charge in [-0.25, -0.2) is 15.0 Å². The summed E-state index contributed by atoms with van der Waals surface area (Å²) in [5, 5.41) is 9.21. The van der Waals surface area contributed by atoms with Crippen LogP contribution in [0, 0.1) is 0 Å². The molecule has 0 fully saturated rings. The highest BCUT2D eigenvalue weighted by Gasteiger charge is 2.14. The third kappa shape index (κ3) is 4.13. The minimum atomic E-state index is -1.14. The normalized spacial score (nSPS) is 12.2. The molecule has 9 nitrogen and oxygen atoms in total. The summed E-state index contributed by atoms with van der Waals surface area (Å²) in [5.41, 5.74) is 6.50. The molecule has 10 heteroatoms. The molecule has 2 aromatic heterocycles. The van der Waals surface area contributed by atoms with E-state index in [9.17, 15) is 9.59 Å². The van der Waals surface area contributed by atoms with E-state index >= 15 is 0 Å². The number of nitrogens with two attached hydrogens (primary N) is 1. The number of thioether (sulfide) groups is 1. The van der Waals surface area contributed by atoms with Crippen molar-refractivity contribution in [1.82, 2.24) is 19.9 Å². The fraction of sp³-hybridized carbons (Fsp3) is 0.364. The predicted octanol–water partition coefficient (Wildman–Crippen LogP) is 0.138. The van der Waals surface area contributed by atoms with Crippen molar-refractivity contribution in [2.75, 3.05) is 5.94 Å². The highest BCUT2D eigenvalue weighted by atomic mass is 32.2. The number of ether oxygens (including phenoxy) is 1. The van der Waals surface area contributed by atoms with Gasteiger partial charge in [-0.15, -0.1) is 0 Å². The van der Waals surface area contributed by atoms with Crippen LogP contribution in [0.25, 0.3) is 11.2 Å². The van der Waals surface area contributed by atoms with E-state index in [0.717, 1.165) is 0 Å². The number of aromatic amines is 1. The number of carbonyl (C=O) groups is 2. The van der Waals surface area contributed by atoms with Crippen molar-refractivity contribution in [2.45, 2.75) is 23.9 Å². The molecule has 1 atom stereocenters. The lowest BCUT2D eigenvalue weighted by Crippen LogP contribution is -2.30. The van der Waals surface area contributed by atoms with Gasteiger partial charge in [0.25, 0.3) is 0 Å². The fourth-order valence-corrected chi connectivity index (χ4v) is 2.19. The lowest BCUT2D eigenvalue weighted by atomic mass is 10.2. The molecule has 0 aromatic carbocycles. The van der Waals surface area contributed by atoms with Gasteiger partial charge in [0, 0.05) is 6.42 Å². The van der Waals surface area contributed by atoms with Gasteiger partial charge in [-0.05, 0) is 6.42 Å². The molecule has 2 rings (SSSR count). The smallest absolute Gasteiger partial charge is 0.320 e. The summed E-state index contributed by atoms with van der Waals surface area (Å²) in [4.78, 5) is 36.9. The second-order valence-electron chi connectivity index (χ2n) is 4.04. The monoisotopic (exact) mass is 311 g/mol. The van der Waals surface area contributed by atoms with Crippen molar-refractivity contribution in [2.24, 2.45) is 5.73 Å². The number of nitrogens with one attached hydrogen (secondary N) is 1. The minimum Gasteiger partial charge on any atom is -0.480 e. The summed E-state index contributed by atoms with van der Waals surface area (Å²) in [6.07, 6.45) is 2.87. The number of aliphatic carboxylic acids is 1. The van der Waals surface area contributed by atoms with Gasteiger partial charge in [-0.3, -0.25) is 9.59 Å². The van der Waals surface area contributed by atoms with Gasteiger partial charge in [0.05, 0.1) is 6.33 Å². The maximum Gasteiger partial charge on any atom is 0.320 e. The Morgan fingerprint density at radius 2 is 2.24 bits per heavy atom. The number of rotatable bonds is 7. The lowest BCUT2D eigenvalue weighted by molar-refractivity contribution is -0.142. The summed E-state index contributed by atoms with van der Waals surface area (Å²) in [6.45, 7) is 0. The summed E-state index contributed by atoms with van der Waals surface area (Å²) >= 11 is 1.21. The average Bonchev–Trinajstić information content (AvgIpc) is 2.94. The molecule has 0 aliphatic rings. The molecular formula is C11H13N5O4S. The lowest BCUT2D eigenvalue weighted by Gasteiger charge is -2.06. The zero-order valence-corrected chi connectivity index (χ0v) is 11.7. The molecule has 0 radical (unpaired) electrons. The maximum atomic E-state index is 11.4. The van der Waals surface area contributed by atoms with Crippen LogP contribution in [0.3, 0.4) is 0 Å². The van der Waals surface area contributed by atoms with E-state index in [1.54, 1.807) is 0 Å². The summed E-state index contributed by atoms with van der Waals surface area (Å²) in [7, 11) is 0. The van der Waals surface area contributed by atoms with Crippen LogP contribution in [0.15, 0.2) is 17.7 Å². The van der Waals surface area contributed by atoms with E-state index in [2.05, 4.69) is 19.9 Å². The molecule has 0 aliphatic heterocycles. The van der Waals surface area contributed by atoms with Crippen molar-refractivity contribution in [1.29, 1.82) is 0 Å². The third-order valence-corrected chi connectivity index (χ3v) is 3.40. The van der Waals surface area contributed by atoms with Gasteiger partial charge in [0.2, 0.25) is 0 Å². The van der Waals surface area contributed by atoms with E-state index in [4.69, 9.17) is 15.6 Å². The Balaban J connectivity index is 1.78. The number of nitrogens with zero attached hydrogens (tertiary/aromatic N) is 3. The number of hydrogen-bond acceptors (Lipinski definition) is 8. The largest absolute Gasteiger partial charge is 0.480 e. The Morgan fingerprint density at radius 1 is 1.43 bits per heavy atom. The standard InChI is InChI=1S/C11H13N5O4S/c12-6(11(18)19)1-2-7(17)20-5-21-10-8-9(14-3-13-8)15-4-16-10/h3-4,6H,1-2,5,12H2,(H,18,19)(H,13,14,15,16)/t6-/m1/s1. The first kappa shape index (κ1) is 15.2. The number of carboxylic acids is 1. The predicted molar refractivity (Wildman–Crippen MR) is 73.3 cm³/mol. The van der Waals surface area contributed by atoms with Gasteiger partial charge >= 0.3 is 11.9 Å². The zero-order chi connectivity index (χ0) is 15.2. The van der Waals surface area contributed by atoms with E-state index < -0.39 is 18.0 Å². The molecule has 0 saturated heterocycles. The Bertz CT molecular complexity index is 646. The number of H-pyrrole nitrogens is 1. The SMILES string of the molecule is N[C@H](CCC(=O)OCSc1ncnc2nc[nH]c12)C(=O)O. The van der Waals surface area contributed by atoms with Crippen LogP contribution in [0.2, 0.25) is 0 Å². The highest BCUT2D eigenvalue weighted by Crippen LogP contribution is 2.21. The number of aromatic nitrogens is 4. The number of fused-ring (bicyclic) bond motifs is 1. The molecule has 0 saturated carbocycles. The number of carboxylic acid groups (broad SMARTS) is 1. The van der Waals surface area contributed by atoms with Crippen LogP contribution in [-0.2, 0) is 14.3 Å². The first-order valence-electron chi connectivity index (χ1n) is 5.99. The van der Waals surface area contributed by atoms with Gasteiger partial charge in [-0.1, -0.05) is 11.8 Å². The van der Waals surface area contributed by atoms with Crippen molar-refractivity contribution in [3.8, 4) is 0 Å². The van der Waals surface area contributed by atoms with E-state index in [1.165, 1.54) is 24.4 Å². The molecule has 0 aliphatic carbocycles. The van der Waals surface area contributed by atoms with Gasteiger partial charge in [-0.2, -0.15) is 0 Å². The van der Waals surface area contributed by atoms with Gasteiger partial charge in [0.15, 0.2) is 5.65 Å². The van der Waals surface area contributed by atoms with Gasteiger partial charge in [0.1, 0.15) is 28.9 Å². The van der Waals surface area contributed by atoms with E-state index in [1.807, 2.05) is 0 Å². The Hall–Kier alpha value is -2.20. The summed E-state index contributed by atoms with van der Waals surface area (Å²) in [5.74, 6) is -1.58. The number of esters is 1. The first-order valence-corrected chi connectivity index (χ1v) is 6.97. The molecule has 4 N–H and O–H groups in total. The second-order valence-corrected chi connectivity index (χ2v) is 4.95. The second kappa shape index (κ2) is 6.99. The summed E-state index contributed by atoms with van der Waals surface area (Å²) in [6, 6.07) is -1.06. The highest BCUT2D eigenvalue weighted by molar-refractivity contribution is 7.99. The van der Waals surface area contributed by atoms with Crippen molar-refractivity contribution in [3.05, 3.63) is 12.7 Å². The molecule has 0 bridgehead atoms. The molecule has 0 spiro atoms. The quantitative estimate of drug-likeness (QED) is 0.281. The molecule has 0 unspecified atom stereocenters. The number of carbonyl (C=O) groups excluding carboxylic acids is 1. The van der Waals surface area contributed by atoms with Crippen LogP contribution in [0.4, 0.5) is 0 Å². The van der Waals surface area contributed by atoms with Crippen LogP contribution in [0.1, 0.15) is 12.8 Å². The van der Waals surface area contributed by atoms with Crippen molar-refractivity contribution >= 4 is 34.9 Å². The minimum absolute atomic E-state index is 0.0388. The van der Waals surface area contributed by atoms with Crippen LogP contribution < -0.4 is 5.73 Å². The van der Waals surface area contributed by atoms with Crippen molar-refractivity contribution in [3.63, 3.8) is 0 Å². The van der Waals surface area contributed by atoms with Crippen LogP contribution in [0.5, 0.6) is 0 Å². The zero-order valence-electron chi connectivity index (χ0n) is 10.9. The van der Waals surface area contributed by atoms with E-state index in [-0.39, 0.29) is 18.8 Å².